The summed E-state index contributed by atoms with van der Waals surface area (Å²) >= 11 is 1.92. The molecule has 0 saturated heterocycles. The van der Waals surface area contributed by atoms with E-state index in [0.29, 0.717) is 0 Å². The minimum Gasteiger partial charge on any atom is -0.228 e. The van der Waals surface area contributed by atoms with Crippen molar-refractivity contribution in [3.63, 3.8) is 0 Å². The normalized spacial score (nSPS) is 14.3. The first kappa shape index (κ1) is 32.3. The van der Waals surface area contributed by atoms with Crippen LogP contribution in [0.15, 0.2) is 170 Å². The highest BCUT2D eigenvalue weighted by molar-refractivity contribution is 7.26. The fourth-order valence-electron chi connectivity index (χ4n) is 9.55. The van der Waals surface area contributed by atoms with Crippen LogP contribution in [0.3, 0.4) is 0 Å². The molecule has 2 heterocycles. The van der Waals surface area contributed by atoms with Crippen molar-refractivity contribution in [3.8, 4) is 67.3 Å². The average molecular weight is 723 g/mol. The predicted molar refractivity (Wildman–Crippen MR) is 231 cm³/mol. The monoisotopic (exact) mass is 722 g/mol. The minimum atomic E-state index is 0.0931. The summed E-state index contributed by atoms with van der Waals surface area (Å²) in [7, 11) is 0. The number of thiophene rings is 1. The molecule has 55 heavy (non-hydrogen) atoms. The summed E-state index contributed by atoms with van der Waals surface area (Å²) in [6, 6.07) is 61.8. The molecule has 2 aromatic heterocycles. The van der Waals surface area contributed by atoms with Gasteiger partial charge >= 0.3 is 0 Å². The van der Waals surface area contributed by atoms with E-state index >= 15 is 0 Å². The standard InChI is InChI=1S/C52H38N2S/c1-4-14-34(15-5-1)35-24-26-36(27-25-35)46-33-47(54-51(53-46)37-16-6-2-7-17-37)38-28-29-48-44(32-38)43-22-13-21-42(50(43)55-48)41-20-12-19-40-39-18-8-9-23-45(39)52(49(40)41)30-10-3-11-31-52/h1-2,4-9,12-29,32-33H,3,10-11,30-31H2. The second-order valence-electron chi connectivity index (χ2n) is 15.2. The van der Waals surface area contributed by atoms with Crippen LogP contribution >= 0.6 is 11.3 Å². The van der Waals surface area contributed by atoms with Crippen molar-refractivity contribution in [3.05, 3.63) is 181 Å². The van der Waals surface area contributed by atoms with Gasteiger partial charge < -0.3 is 0 Å². The van der Waals surface area contributed by atoms with Crippen LogP contribution < -0.4 is 0 Å². The Balaban J connectivity index is 1.05. The Morgan fingerprint density at radius 2 is 1.00 bits per heavy atom. The first-order valence-electron chi connectivity index (χ1n) is 19.5. The van der Waals surface area contributed by atoms with Crippen molar-refractivity contribution in [1.82, 2.24) is 9.97 Å². The van der Waals surface area contributed by atoms with E-state index in [1.54, 1.807) is 5.56 Å². The van der Waals surface area contributed by atoms with Crippen molar-refractivity contribution in [2.75, 3.05) is 0 Å². The lowest BCUT2D eigenvalue weighted by Crippen LogP contribution is -2.28. The van der Waals surface area contributed by atoms with E-state index in [9.17, 15) is 0 Å². The molecule has 1 saturated carbocycles. The van der Waals surface area contributed by atoms with Crippen molar-refractivity contribution in [1.29, 1.82) is 0 Å². The lowest BCUT2D eigenvalue weighted by Gasteiger charge is -2.37. The van der Waals surface area contributed by atoms with Crippen LogP contribution in [0, 0.1) is 0 Å². The Morgan fingerprint density at radius 3 is 1.78 bits per heavy atom. The predicted octanol–water partition coefficient (Wildman–Crippen LogP) is 14.4. The molecule has 7 aromatic carbocycles. The van der Waals surface area contributed by atoms with Gasteiger partial charge in [0.1, 0.15) is 0 Å². The lowest BCUT2D eigenvalue weighted by atomic mass is 9.66. The van der Waals surface area contributed by atoms with Crippen LogP contribution in [0.5, 0.6) is 0 Å². The van der Waals surface area contributed by atoms with Gasteiger partial charge in [-0.1, -0.05) is 171 Å². The Bertz CT molecular complexity index is 2880. The van der Waals surface area contributed by atoms with Gasteiger partial charge in [0.15, 0.2) is 5.82 Å². The van der Waals surface area contributed by atoms with Gasteiger partial charge in [-0.2, -0.15) is 0 Å². The second-order valence-corrected chi connectivity index (χ2v) is 16.2. The topological polar surface area (TPSA) is 25.8 Å². The van der Waals surface area contributed by atoms with E-state index in [1.165, 1.54) is 91.2 Å². The number of hydrogen-bond acceptors (Lipinski definition) is 3. The van der Waals surface area contributed by atoms with Crippen LogP contribution in [0.4, 0.5) is 0 Å². The number of fused-ring (bicyclic) bond motifs is 8. The van der Waals surface area contributed by atoms with Gasteiger partial charge in [-0.05, 0) is 75.5 Å². The maximum atomic E-state index is 5.20. The molecule has 262 valence electrons. The van der Waals surface area contributed by atoms with E-state index in [1.807, 2.05) is 17.4 Å². The van der Waals surface area contributed by atoms with E-state index in [4.69, 9.17) is 9.97 Å². The summed E-state index contributed by atoms with van der Waals surface area (Å²) in [6.07, 6.45) is 6.35. The minimum absolute atomic E-state index is 0.0931. The summed E-state index contributed by atoms with van der Waals surface area (Å²) < 4.78 is 2.65. The highest BCUT2D eigenvalue weighted by atomic mass is 32.1. The maximum absolute atomic E-state index is 5.20. The largest absolute Gasteiger partial charge is 0.228 e. The molecule has 2 aliphatic rings. The molecule has 1 fully saturated rings. The van der Waals surface area contributed by atoms with E-state index in [-0.39, 0.29) is 5.41 Å². The summed E-state index contributed by atoms with van der Waals surface area (Å²) in [5, 5.41) is 2.58. The zero-order valence-corrected chi connectivity index (χ0v) is 31.3. The summed E-state index contributed by atoms with van der Waals surface area (Å²) in [5.41, 5.74) is 16.2. The molecule has 9 aromatic rings. The molecule has 0 aliphatic heterocycles. The first-order chi connectivity index (χ1) is 27.2. The van der Waals surface area contributed by atoms with Gasteiger partial charge in [0.25, 0.3) is 0 Å². The van der Waals surface area contributed by atoms with Gasteiger partial charge in [0.2, 0.25) is 0 Å². The molecule has 0 unspecified atom stereocenters. The van der Waals surface area contributed by atoms with Crippen molar-refractivity contribution >= 4 is 31.5 Å². The summed E-state index contributed by atoms with van der Waals surface area (Å²) in [4.78, 5) is 10.3. The number of rotatable bonds is 5. The first-order valence-corrected chi connectivity index (χ1v) is 20.3. The maximum Gasteiger partial charge on any atom is 0.160 e. The zero-order chi connectivity index (χ0) is 36.3. The zero-order valence-electron chi connectivity index (χ0n) is 30.5. The molecule has 0 N–H and O–H groups in total. The lowest BCUT2D eigenvalue weighted by molar-refractivity contribution is 0.353. The Morgan fingerprint density at radius 1 is 0.418 bits per heavy atom. The van der Waals surface area contributed by atoms with E-state index < -0.39 is 0 Å². The average Bonchev–Trinajstić information content (AvgIpc) is 3.77. The number of benzene rings is 7. The molecule has 0 bridgehead atoms. The molecule has 2 aliphatic carbocycles. The molecule has 3 heteroatoms. The second kappa shape index (κ2) is 13.0. The summed E-state index contributed by atoms with van der Waals surface area (Å²) in [6.45, 7) is 0. The smallest absolute Gasteiger partial charge is 0.160 e. The van der Waals surface area contributed by atoms with E-state index in [2.05, 4.69) is 164 Å². The number of aromatic nitrogens is 2. The third kappa shape index (κ3) is 5.29. The molecular weight excluding hydrogens is 685 g/mol. The number of hydrogen-bond donors (Lipinski definition) is 0. The third-order valence-corrected chi connectivity index (χ3v) is 13.3. The third-order valence-electron chi connectivity index (χ3n) is 12.1. The van der Waals surface area contributed by atoms with Crippen molar-refractivity contribution < 1.29 is 0 Å². The molecule has 2 nitrogen and oxygen atoms in total. The molecule has 0 atom stereocenters. The van der Waals surface area contributed by atoms with E-state index in [0.717, 1.165) is 33.9 Å². The van der Waals surface area contributed by atoms with Crippen LogP contribution in [-0.4, -0.2) is 9.97 Å². The van der Waals surface area contributed by atoms with Crippen molar-refractivity contribution in [2.24, 2.45) is 0 Å². The fourth-order valence-corrected chi connectivity index (χ4v) is 10.8. The fraction of sp³-hybridized carbons (Fsp3) is 0.115. The summed E-state index contributed by atoms with van der Waals surface area (Å²) in [5.74, 6) is 0.730. The van der Waals surface area contributed by atoms with Gasteiger partial charge in [0, 0.05) is 42.3 Å². The van der Waals surface area contributed by atoms with Crippen molar-refractivity contribution in [2.45, 2.75) is 37.5 Å². The van der Waals surface area contributed by atoms with Gasteiger partial charge in [0.05, 0.1) is 11.4 Å². The van der Waals surface area contributed by atoms with Crippen LogP contribution in [0.2, 0.25) is 0 Å². The molecule has 0 amide bonds. The van der Waals surface area contributed by atoms with Crippen LogP contribution in [0.1, 0.15) is 43.2 Å². The molecule has 11 rings (SSSR count). The quantitative estimate of drug-likeness (QED) is 0.177. The Labute approximate surface area is 325 Å². The highest BCUT2D eigenvalue weighted by Gasteiger charge is 2.45. The Kier molecular flexibility index (Phi) is 7.63. The van der Waals surface area contributed by atoms with Crippen LogP contribution in [0.25, 0.3) is 87.5 Å². The Hall–Kier alpha value is -6.16. The van der Waals surface area contributed by atoms with Crippen LogP contribution in [-0.2, 0) is 5.41 Å². The highest BCUT2D eigenvalue weighted by Crippen LogP contribution is 2.59. The molecule has 0 radical (unpaired) electrons. The molecule has 1 spiro atoms. The molecular formula is C52H38N2S. The SMILES string of the molecule is c1ccc(-c2ccc(-c3cc(-c4ccc5sc6c(-c7cccc8c7C7(CCCCC7)c7ccccc7-8)cccc6c5c4)nc(-c4ccccc4)n3)cc2)cc1. The van der Waals surface area contributed by atoms with Gasteiger partial charge in [-0.15, -0.1) is 11.3 Å². The van der Waals surface area contributed by atoms with Gasteiger partial charge in [-0.25, -0.2) is 9.97 Å². The van der Waals surface area contributed by atoms with Gasteiger partial charge in [-0.3, -0.25) is 0 Å². The number of nitrogens with zero attached hydrogens (tertiary/aromatic N) is 2.